The van der Waals surface area contributed by atoms with Crippen molar-refractivity contribution < 1.29 is 13.5 Å². The monoisotopic (exact) mass is 256 g/mol. The quantitative estimate of drug-likeness (QED) is 0.771. The number of hydrogen-bond acceptors (Lipinski definition) is 3. The lowest BCUT2D eigenvalue weighted by Gasteiger charge is -2.07. The number of rotatable bonds is 2. The zero-order valence-corrected chi connectivity index (χ0v) is 9.50. The highest BCUT2D eigenvalue weighted by Crippen LogP contribution is 2.26. The Morgan fingerprint density at radius 3 is 2.65 bits per heavy atom. The Bertz CT molecular complexity index is 563. The van der Waals surface area contributed by atoms with Crippen molar-refractivity contribution in [1.82, 2.24) is 9.97 Å². The molecule has 3 nitrogen and oxygen atoms in total. The highest BCUT2D eigenvalue weighted by Gasteiger charge is 2.09. The SMILES string of the molecule is Cc1c(Cl)ncnc1Oc1ccc(F)c(F)c1. The molecule has 0 N–H and O–H groups in total. The highest BCUT2D eigenvalue weighted by molar-refractivity contribution is 6.30. The van der Waals surface area contributed by atoms with Crippen molar-refractivity contribution in [1.29, 1.82) is 0 Å². The van der Waals surface area contributed by atoms with E-state index < -0.39 is 11.6 Å². The molecule has 6 heteroatoms. The molecule has 0 amide bonds. The van der Waals surface area contributed by atoms with Crippen LogP contribution >= 0.6 is 11.6 Å². The molecule has 1 heterocycles. The van der Waals surface area contributed by atoms with Crippen LogP contribution in [0, 0.1) is 18.6 Å². The van der Waals surface area contributed by atoms with E-state index in [0.29, 0.717) is 5.56 Å². The number of benzene rings is 1. The van der Waals surface area contributed by atoms with E-state index >= 15 is 0 Å². The van der Waals surface area contributed by atoms with E-state index in [0.717, 1.165) is 12.1 Å². The lowest BCUT2D eigenvalue weighted by molar-refractivity contribution is 0.443. The molecule has 0 aliphatic carbocycles. The van der Waals surface area contributed by atoms with Gasteiger partial charge in [0.15, 0.2) is 11.6 Å². The molecule has 2 rings (SSSR count). The summed E-state index contributed by atoms with van der Waals surface area (Å²) in [7, 11) is 0. The van der Waals surface area contributed by atoms with Gasteiger partial charge in [-0.15, -0.1) is 0 Å². The van der Waals surface area contributed by atoms with Crippen molar-refractivity contribution in [2.75, 3.05) is 0 Å². The van der Waals surface area contributed by atoms with Crippen LogP contribution in [0.4, 0.5) is 8.78 Å². The topological polar surface area (TPSA) is 35.0 Å². The zero-order chi connectivity index (χ0) is 12.4. The van der Waals surface area contributed by atoms with Gasteiger partial charge in [0.1, 0.15) is 17.2 Å². The van der Waals surface area contributed by atoms with Crippen molar-refractivity contribution >= 4 is 11.6 Å². The predicted octanol–water partition coefficient (Wildman–Crippen LogP) is 3.51. The predicted molar refractivity (Wildman–Crippen MR) is 58.2 cm³/mol. The van der Waals surface area contributed by atoms with Crippen LogP contribution in [0.15, 0.2) is 24.5 Å². The van der Waals surface area contributed by atoms with Crippen molar-refractivity contribution in [3.8, 4) is 11.6 Å². The average Bonchev–Trinajstić information content (AvgIpc) is 2.30. The van der Waals surface area contributed by atoms with Gasteiger partial charge in [0.25, 0.3) is 0 Å². The van der Waals surface area contributed by atoms with E-state index in [4.69, 9.17) is 16.3 Å². The van der Waals surface area contributed by atoms with Crippen molar-refractivity contribution in [2.45, 2.75) is 6.92 Å². The van der Waals surface area contributed by atoms with E-state index in [1.807, 2.05) is 0 Å². The maximum atomic E-state index is 12.9. The van der Waals surface area contributed by atoms with Crippen LogP contribution in [-0.2, 0) is 0 Å². The summed E-state index contributed by atoms with van der Waals surface area (Å²) in [5.41, 5.74) is 0.527. The van der Waals surface area contributed by atoms with Crippen LogP contribution in [0.2, 0.25) is 5.15 Å². The van der Waals surface area contributed by atoms with Gasteiger partial charge in [0.05, 0.1) is 0 Å². The Morgan fingerprint density at radius 2 is 1.94 bits per heavy atom. The summed E-state index contributed by atoms with van der Waals surface area (Å²) in [5.74, 6) is -1.58. The molecular weight excluding hydrogens is 250 g/mol. The lowest BCUT2D eigenvalue weighted by atomic mass is 10.3. The molecule has 17 heavy (non-hydrogen) atoms. The third-order valence-corrected chi connectivity index (χ3v) is 2.46. The Morgan fingerprint density at radius 1 is 1.18 bits per heavy atom. The Hall–Kier alpha value is -1.75. The molecule has 0 unspecified atom stereocenters. The summed E-state index contributed by atoms with van der Waals surface area (Å²) >= 11 is 5.77. The molecule has 1 aromatic carbocycles. The van der Waals surface area contributed by atoms with E-state index in [9.17, 15) is 8.78 Å². The van der Waals surface area contributed by atoms with Gasteiger partial charge in [0.2, 0.25) is 5.88 Å². The number of nitrogens with zero attached hydrogens (tertiary/aromatic N) is 2. The molecule has 0 saturated carbocycles. The first-order valence-corrected chi connectivity index (χ1v) is 5.05. The largest absolute Gasteiger partial charge is 0.438 e. The summed E-state index contributed by atoms with van der Waals surface area (Å²) in [6.45, 7) is 1.66. The number of aromatic nitrogens is 2. The van der Waals surface area contributed by atoms with Crippen molar-refractivity contribution in [2.24, 2.45) is 0 Å². The minimum atomic E-state index is -0.986. The standard InChI is InChI=1S/C11H7ClF2N2O/c1-6-10(12)15-5-16-11(6)17-7-2-3-8(13)9(14)4-7/h2-5H,1H3. The van der Waals surface area contributed by atoms with Crippen LogP contribution in [-0.4, -0.2) is 9.97 Å². The molecule has 0 radical (unpaired) electrons. The summed E-state index contributed by atoms with van der Waals surface area (Å²) in [6.07, 6.45) is 1.23. The molecule has 0 spiro atoms. The Balaban J connectivity index is 2.31. The van der Waals surface area contributed by atoms with Gasteiger partial charge in [-0.3, -0.25) is 0 Å². The first-order valence-electron chi connectivity index (χ1n) is 4.68. The molecular formula is C11H7ClF2N2O. The maximum Gasteiger partial charge on any atom is 0.226 e. The van der Waals surface area contributed by atoms with Gasteiger partial charge >= 0.3 is 0 Å². The minimum Gasteiger partial charge on any atom is -0.438 e. The molecule has 2 aromatic rings. The summed E-state index contributed by atoms with van der Waals surface area (Å²) in [5, 5.41) is 0.248. The molecule has 0 atom stereocenters. The number of halogens is 3. The van der Waals surface area contributed by atoms with E-state index in [-0.39, 0.29) is 16.8 Å². The van der Waals surface area contributed by atoms with Crippen LogP contribution in [0.25, 0.3) is 0 Å². The fraction of sp³-hybridized carbons (Fsp3) is 0.0909. The normalized spacial score (nSPS) is 10.4. The molecule has 1 aromatic heterocycles. The number of hydrogen-bond donors (Lipinski definition) is 0. The van der Waals surface area contributed by atoms with Crippen LogP contribution < -0.4 is 4.74 Å². The molecule has 0 aliphatic rings. The van der Waals surface area contributed by atoms with Crippen LogP contribution in [0.1, 0.15) is 5.56 Å². The van der Waals surface area contributed by atoms with Gasteiger partial charge in [0, 0.05) is 11.6 Å². The first kappa shape index (κ1) is 11.7. The number of ether oxygens (including phenoxy) is 1. The van der Waals surface area contributed by atoms with Gasteiger partial charge in [-0.25, -0.2) is 18.7 Å². The van der Waals surface area contributed by atoms with Gasteiger partial charge in [-0.2, -0.15) is 0 Å². The van der Waals surface area contributed by atoms with E-state index in [1.54, 1.807) is 6.92 Å². The second-order valence-electron chi connectivity index (χ2n) is 3.27. The fourth-order valence-corrected chi connectivity index (χ4v) is 1.29. The Kier molecular flexibility index (Phi) is 3.19. The first-order chi connectivity index (χ1) is 8.08. The highest BCUT2D eigenvalue weighted by atomic mass is 35.5. The third-order valence-electron chi connectivity index (χ3n) is 2.08. The maximum absolute atomic E-state index is 12.9. The van der Waals surface area contributed by atoms with Crippen molar-refractivity contribution in [3.63, 3.8) is 0 Å². The molecule has 88 valence electrons. The van der Waals surface area contributed by atoms with Gasteiger partial charge in [-0.1, -0.05) is 11.6 Å². The summed E-state index contributed by atoms with van der Waals surface area (Å²) in [6, 6.07) is 3.21. The second-order valence-corrected chi connectivity index (χ2v) is 3.63. The minimum absolute atomic E-state index is 0.141. The van der Waals surface area contributed by atoms with Gasteiger partial charge < -0.3 is 4.74 Å². The fourth-order valence-electron chi connectivity index (χ4n) is 1.17. The summed E-state index contributed by atoms with van der Waals surface area (Å²) in [4.78, 5) is 7.61. The molecule has 0 bridgehead atoms. The van der Waals surface area contributed by atoms with Crippen molar-refractivity contribution in [3.05, 3.63) is 46.9 Å². The smallest absolute Gasteiger partial charge is 0.226 e. The van der Waals surface area contributed by atoms with E-state index in [1.165, 1.54) is 12.4 Å². The molecule has 0 saturated heterocycles. The second kappa shape index (κ2) is 4.63. The van der Waals surface area contributed by atoms with E-state index in [2.05, 4.69) is 9.97 Å². The van der Waals surface area contributed by atoms with Crippen LogP contribution in [0.3, 0.4) is 0 Å². The Labute approximate surface area is 101 Å². The lowest BCUT2D eigenvalue weighted by Crippen LogP contribution is -1.94. The molecule has 0 fully saturated rings. The summed E-state index contributed by atoms with van der Waals surface area (Å²) < 4.78 is 30.9. The van der Waals surface area contributed by atoms with Gasteiger partial charge in [-0.05, 0) is 19.1 Å². The van der Waals surface area contributed by atoms with Crippen LogP contribution in [0.5, 0.6) is 11.6 Å². The third kappa shape index (κ3) is 2.50. The average molecular weight is 257 g/mol. The zero-order valence-electron chi connectivity index (χ0n) is 8.75. The molecule has 0 aliphatic heterocycles.